The van der Waals surface area contributed by atoms with E-state index in [1.165, 1.54) is 65.0 Å². The summed E-state index contributed by atoms with van der Waals surface area (Å²) in [5.74, 6) is 0.971. The second-order valence-electron chi connectivity index (χ2n) is 6.32. The summed E-state index contributed by atoms with van der Waals surface area (Å²) < 4.78 is 0. The van der Waals surface area contributed by atoms with Crippen molar-refractivity contribution in [2.75, 3.05) is 39.3 Å². The third-order valence-corrected chi connectivity index (χ3v) is 4.88. The third-order valence-electron chi connectivity index (χ3n) is 4.88. The van der Waals surface area contributed by atoms with Gasteiger partial charge in [-0.25, -0.2) is 0 Å². The van der Waals surface area contributed by atoms with Crippen LogP contribution in [0.2, 0.25) is 0 Å². The van der Waals surface area contributed by atoms with Crippen molar-refractivity contribution < 1.29 is 0 Å². The maximum atomic E-state index is 3.78. The molecule has 3 nitrogen and oxygen atoms in total. The van der Waals surface area contributed by atoms with E-state index in [9.17, 15) is 0 Å². The molecule has 0 amide bonds. The van der Waals surface area contributed by atoms with Gasteiger partial charge in [-0.1, -0.05) is 20.8 Å². The third kappa shape index (κ3) is 4.44. The number of hydrogen-bond acceptors (Lipinski definition) is 3. The Morgan fingerprint density at radius 3 is 2.47 bits per heavy atom. The monoisotopic (exact) mass is 267 g/mol. The van der Waals surface area contributed by atoms with Gasteiger partial charge < -0.3 is 10.2 Å². The van der Waals surface area contributed by atoms with Crippen LogP contribution in [0, 0.1) is 5.92 Å². The lowest BCUT2D eigenvalue weighted by Gasteiger charge is -2.28. The highest BCUT2D eigenvalue weighted by atomic mass is 15.3. The smallest absolute Gasteiger partial charge is 0.0235 e. The fourth-order valence-electron chi connectivity index (χ4n) is 3.50. The van der Waals surface area contributed by atoms with Crippen LogP contribution in [-0.2, 0) is 0 Å². The summed E-state index contributed by atoms with van der Waals surface area (Å²) in [7, 11) is 0. The normalized spacial score (nSPS) is 26.2. The molecule has 0 aromatic rings. The minimum absolute atomic E-state index is 0.760. The standard InChI is InChI=1S/C16H33N3/c1-4-10-17-16(14-7-8-14)13-18-11-9-15(12-18)19(5-2)6-3/h14-17H,4-13H2,1-3H3. The zero-order valence-corrected chi connectivity index (χ0v) is 13.2. The zero-order chi connectivity index (χ0) is 13.7. The van der Waals surface area contributed by atoms with Gasteiger partial charge in [0.25, 0.3) is 0 Å². The number of nitrogens with one attached hydrogen (secondary N) is 1. The second-order valence-corrected chi connectivity index (χ2v) is 6.32. The SMILES string of the molecule is CCCNC(CN1CCC(N(CC)CC)C1)C1CC1. The largest absolute Gasteiger partial charge is 0.312 e. The molecule has 0 aromatic heterocycles. The molecule has 1 heterocycles. The van der Waals surface area contributed by atoms with Crippen LogP contribution in [0.15, 0.2) is 0 Å². The number of hydrogen-bond donors (Lipinski definition) is 1. The maximum absolute atomic E-state index is 3.78. The Balaban J connectivity index is 1.76. The average molecular weight is 267 g/mol. The first kappa shape index (κ1) is 15.3. The average Bonchev–Trinajstić information content (AvgIpc) is 3.17. The molecule has 1 saturated carbocycles. The zero-order valence-electron chi connectivity index (χ0n) is 13.2. The minimum Gasteiger partial charge on any atom is -0.312 e. The van der Waals surface area contributed by atoms with E-state index in [-0.39, 0.29) is 0 Å². The molecule has 2 atom stereocenters. The van der Waals surface area contributed by atoms with E-state index < -0.39 is 0 Å². The molecule has 0 aromatic carbocycles. The number of nitrogens with zero attached hydrogens (tertiary/aromatic N) is 2. The molecule has 2 rings (SSSR count). The quantitative estimate of drug-likeness (QED) is 0.691. The molecule has 1 aliphatic carbocycles. The van der Waals surface area contributed by atoms with E-state index in [4.69, 9.17) is 0 Å². The lowest BCUT2D eigenvalue weighted by Crippen LogP contribution is -2.43. The van der Waals surface area contributed by atoms with Crippen LogP contribution in [0.4, 0.5) is 0 Å². The Labute approximate surface area is 119 Å². The van der Waals surface area contributed by atoms with Gasteiger partial charge in [0.05, 0.1) is 0 Å². The second kappa shape index (κ2) is 7.61. The van der Waals surface area contributed by atoms with E-state index >= 15 is 0 Å². The highest BCUT2D eigenvalue weighted by Gasteiger charge is 2.34. The van der Waals surface area contributed by atoms with Gasteiger partial charge in [0.1, 0.15) is 0 Å². The topological polar surface area (TPSA) is 18.5 Å². The summed E-state index contributed by atoms with van der Waals surface area (Å²) in [6.07, 6.45) is 5.53. The molecule has 19 heavy (non-hydrogen) atoms. The van der Waals surface area contributed by atoms with Crippen LogP contribution in [-0.4, -0.2) is 61.2 Å². The fraction of sp³-hybridized carbons (Fsp3) is 1.00. The molecule has 112 valence electrons. The first-order chi connectivity index (χ1) is 9.28. The Kier molecular flexibility index (Phi) is 6.11. The molecule has 0 spiro atoms. The number of likely N-dealkylation sites (N-methyl/N-ethyl adjacent to an activating group) is 1. The van der Waals surface area contributed by atoms with Crippen LogP contribution in [0.25, 0.3) is 0 Å². The van der Waals surface area contributed by atoms with Crippen LogP contribution in [0.5, 0.6) is 0 Å². The molecule has 2 aliphatic rings. The van der Waals surface area contributed by atoms with Crippen LogP contribution in [0.1, 0.15) is 46.5 Å². The highest BCUT2D eigenvalue weighted by molar-refractivity contribution is 4.91. The van der Waals surface area contributed by atoms with Gasteiger partial charge in [0.15, 0.2) is 0 Å². The van der Waals surface area contributed by atoms with Crippen LogP contribution in [0.3, 0.4) is 0 Å². The van der Waals surface area contributed by atoms with Crippen molar-refractivity contribution in [3.63, 3.8) is 0 Å². The van der Waals surface area contributed by atoms with Gasteiger partial charge in [-0.15, -0.1) is 0 Å². The Morgan fingerprint density at radius 2 is 1.89 bits per heavy atom. The molecular weight excluding hydrogens is 234 g/mol. The van der Waals surface area contributed by atoms with E-state index in [1.807, 2.05) is 0 Å². The molecule has 3 heteroatoms. The Bertz CT molecular complexity index is 248. The first-order valence-corrected chi connectivity index (χ1v) is 8.48. The number of rotatable bonds is 9. The van der Waals surface area contributed by atoms with Gasteiger partial charge in [-0.2, -0.15) is 0 Å². The predicted octanol–water partition coefficient (Wildman–Crippen LogP) is 2.18. The lowest BCUT2D eigenvalue weighted by molar-refractivity contribution is 0.202. The van der Waals surface area contributed by atoms with Crippen molar-refractivity contribution in [3.8, 4) is 0 Å². The fourth-order valence-corrected chi connectivity index (χ4v) is 3.50. The van der Waals surface area contributed by atoms with Crippen molar-refractivity contribution in [1.82, 2.24) is 15.1 Å². The van der Waals surface area contributed by atoms with Gasteiger partial charge in [0, 0.05) is 25.2 Å². The van der Waals surface area contributed by atoms with E-state index in [2.05, 4.69) is 35.9 Å². The summed E-state index contributed by atoms with van der Waals surface area (Å²) in [5, 5.41) is 3.78. The van der Waals surface area contributed by atoms with Gasteiger partial charge in [0.2, 0.25) is 0 Å². The highest BCUT2D eigenvalue weighted by Crippen LogP contribution is 2.33. The molecule has 0 bridgehead atoms. The maximum Gasteiger partial charge on any atom is 0.0235 e. The summed E-state index contributed by atoms with van der Waals surface area (Å²) >= 11 is 0. The minimum atomic E-state index is 0.760. The van der Waals surface area contributed by atoms with Crippen molar-refractivity contribution in [1.29, 1.82) is 0 Å². The van der Waals surface area contributed by atoms with Crippen molar-refractivity contribution >= 4 is 0 Å². The molecule has 0 radical (unpaired) electrons. The Hall–Kier alpha value is -0.120. The molecule has 2 unspecified atom stereocenters. The first-order valence-electron chi connectivity index (χ1n) is 8.48. The molecule has 1 saturated heterocycles. The van der Waals surface area contributed by atoms with Crippen molar-refractivity contribution in [3.05, 3.63) is 0 Å². The Morgan fingerprint density at radius 1 is 1.16 bits per heavy atom. The van der Waals surface area contributed by atoms with Crippen molar-refractivity contribution in [2.24, 2.45) is 5.92 Å². The van der Waals surface area contributed by atoms with E-state index in [0.29, 0.717) is 0 Å². The van der Waals surface area contributed by atoms with Gasteiger partial charge >= 0.3 is 0 Å². The molecule has 1 aliphatic heterocycles. The predicted molar refractivity (Wildman–Crippen MR) is 82.6 cm³/mol. The van der Waals surface area contributed by atoms with Crippen molar-refractivity contribution in [2.45, 2.75) is 58.5 Å². The lowest BCUT2D eigenvalue weighted by atomic mass is 10.1. The van der Waals surface area contributed by atoms with Crippen LogP contribution >= 0.6 is 0 Å². The summed E-state index contributed by atoms with van der Waals surface area (Å²) in [4.78, 5) is 5.33. The summed E-state index contributed by atoms with van der Waals surface area (Å²) in [6, 6.07) is 1.57. The van der Waals surface area contributed by atoms with Gasteiger partial charge in [-0.3, -0.25) is 4.90 Å². The van der Waals surface area contributed by atoms with Gasteiger partial charge in [-0.05, 0) is 57.8 Å². The van der Waals surface area contributed by atoms with Crippen LogP contribution < -0.4 is 5.32 Å². The van der Waals surface area contributed by atoms with E-state index in [1.54, 1.807) is 0 Å². The summed E-state index contributed by atoms with van der Waals surface area (Å²) in [5.41, 5.74) is 0. The molecule has 1 N–H and O–H groups in total. The molecule has 2 fully saturated rings. The summed E-state index contributed by atoms with van der Waals surface area (Å²) in [6.45, 7) is 14.3. The number of likely N-dealkylation sites (tertiary alicyclic amines) is 1. The van der Waals surface area contributed by atoms with E-state index in [0.717, 1.165) is 18.0 Å². The molecular formula is C16H33N3.